The molecule has 0 saturated carbocycles. The summed E-state index contributed by atoms with van der Waals surface area (Å²) in [5, 5.41) is 0.583. The number of rotatable bonds is 10. The Bertz CT molecular complexity index is 451. The molecule has 4 nitrogen and oxygen atoms in total. The molecule has 0 radical (unpaired) electrons. The van der Waals surface area contributed by atoms with E-state index in [-0.39, 0.29) is 6.04 Å². The molecule has 0 bridgehead atoms. The van der Waals surface area contributed by atoms with E-state index in [1.165, 1.54) is 0 Å². The second-order valence-corrected chi connectivity index (χ2v) is 5.49. The number of nitrogens with two attached hydrogens (primary N) is 1. The molecule has 1 aromatic carbocycles. The van der Waals surface area contributed by atoms with Gasteiger partial charge in [0, 0.05) is 12.6 Å². The van der Waals surface area contributed by atoms with Crippen molar-refractivity contribution in [2.45, 2.75) is 40.2 Å². The van der Waals surface area contributed by atoms with Crippen LogP contribution in [-0.4, -0.2) is 37.7 Å². The third kappa shape index (κ3) is 4.77. The van der Waals surface area contributed by atoms with Crippen molar-refractivity contribution in [1.82, 2.24) is 4.90 Å². The third-order valence-corrected chi connectivity index (χ3v) is 3.92. The van der Waals surface area contributed by atoms with E-state index < -0.39 is 0 Å². The van der Waals surface area contributed by atoms with Gasteiger partial charge >= 0.3 is 0 Å². The summed E-state index contributed by atoms with van der Waals surface area (Å²) in [5.74, 6) is 1.33. The maximum absolute atomic E-state index is 6.43. The molecule has 126 valence electrons. The van der Waals surface area contributed by atoms with E-state index >= 15 is 0 Å². The normalized spacial score (nSPS) is 12.5. The molecule has 0 fully saturated rings. The molecule has 0 heterocycles. The average molecular weight is 329 g/mol. The van der Waals surface area contributed by atoms with E-state index in [0.717, 1.165) is 25.1 Å². The van der Waals surface area contributed by atoms with E-state index in [1.54, 1.807) is 0 Å². The molecule has 2 N–H and O–H groups in total. The first-order chi connectivity index (χ1) is 10.6. The number of halogens is 1. The largest absolute Gasteiger partial charge is 0.490 e. The minimum atomic E-state index is 0.131. The Kier molecular flexibility index (Phi) is 8.61. The van der Waals surface area contributed by atoms with Crippen LogP contribution < -0.4 is 15.2 Å². The zero-order valence-corrected chi connectivity index (χ0v) is 14.9. The SMILES string of the molecule is CCCOc1c(Cl)cc(C(CN)N(CC)CC)cc1OCC. The van der Waals surface area contributed by atoms with E-state index in [9.17, 15) is 0 Å². The van der Waals surface area contributed by atoms with E-state index in [4.69, 9.17) is 26.8 Å². The van der Waals surface area contributed by atoms with Crippen molar-refractivity contribution in [1.29, 1.82) is 0 Å². The van der Waals surface area contributed by atoms with Crippen molar-refractivity contribution in [3.05, 3.63) is 22.7 Å². The molecule has 0 amide bonds. The molecule has 1 atom stereocenters. The van der Waals surface area contributed by atoms with Gasteiger partial charge in [-0.2, -0.15) is 0 Å². The van der Waals surface area contributed by atoms with Crippen LogP contribution in [0.2, 0.25) is 5.02 Å². The van der Waals surface area contributed by atoms with Crippen LogP contribution in [0.25, 0.3) is 0 Å². The molecule has 0 saturated heterocycles. The Balaban J connectivity index is 3.20. The standard InChI is InChI=1S/C17H29ClN2O2/c1-5-9-22-17-14(18)10-13(11-16(17)21-8-4)15(12-19)20(6-2)7-3/h10-11,15H,5-9,12,19H2,1-4H3. The van der Waals surface area contributed by atoms with Crippen LogP contribution in [0.4, 0.5) is 0 Å². The lowest BCUT2D eigenvalue weighted by Gasteiger charge is -2.29. The molecule has 0 aliphatic heterocycles. The molecule has 0 aromatic heterocycles. The predicted molar refractivity (Wildman–Crippen MR) is 93.1 cm³/mol. The summed E-state index contributed by atoms with van der Waals surface area (Å²) in [6.45, 7) is 11.9. The Labute approximate surface area is 139 Å². The van der Waals surface area contributed by atoms with Gasteiger partial charge in [0.15, 0.2) is 11.5 Å². The van der Waals surface area contributed by atoms with Crippen LogP contribution in [-0.2, 0) is 0 Å². The smallest absolute Gasteiger partial charge is 0.179 e. The van der Waals surface area contributed by atoms with Crippen molar-refractivity contribution in [2.24, 2.45) is 5.73 Å². The van der Waals surface area contributed by atoms with Crippen molar-refractivity contribution in [3.8, 4) is 11.5 Å². The van der Waals surface area contributed by atoms with Crippen LogP contribution in [0.3, 0.4) is 0 Å². The number of likely N-dealkylation sites (N-methyl/N-ethyl adjacent to an activating group) is 1. The van der Waals surface area contributed by atoms with Crippen molar-refractivity contribution < 1.29 is 9.47 Å². The Hall–Kier alpha value is -0.970. The summed E-state index contributed by atoms with van der Waals surface area (Å²) in [4.78, 5) is 2.31. The molecule has 1 rings (SSSR count). The zero-order valence-electron chi connectivity index (χ0n) is 14.2. The summed E-state index contributed by atoms with van der Waals surface area (Å²) in [6, 6.07) is 4.09. The lowest BCUT2D eigenvalue weighted by Crippen LogP contribution is -2.33. The lowest BCUT2D eigenvalue weighted by atomic mass is 10.0. The van der Waals surface area contributed by atoms with Crippen LogP contribution in [0, 0.1) is 0 Å². The fraction of sp³-hybridized carbons (Fsp3) is 0.647. The van der Waals surface area contributed by atoms with Gasteiger partial charge in [-0.05, 0) is 44.1 Å². The molecule has 1 aromatic rings. The van der Waals surface area contributed by atoms with Crippen LogP contribution in [0.15, 0.2) is 12.1 Å². The molecule has 0 aliphatic rings. The Morgan fingerprint density at radius 1 is 1.14 bits per heavy atom. The first-order valence-corrected chi connectivity index (χ1v) is 8.53. The monoisotopic (exact) mass is 328 g/mol. The molecule has 1 unspecified atom stereocenters. The summed E-state index contributed by atoms with van der Waals surface area (Å²) in [7, 11) is 0. The van der Waals surface area contributed by atoms with Gasteiger partial charge in [-0.1, -0.05) is 32.4 Å². The summed E-state index contributed by atoms with van der Waals surface area (Å²) >= 11 is 6.43. The van der Waals surface area contributed by atoms with Gasteiger partial charge in [-0.25, -0.2) is 0 Å². The summed E-state index contributed by atoms with van der Waals surface area (Å²) < 4.78 is 11.5. The van der Waals surface area contributed by atoms with Gasteiger partial charge in [0.25, 0.3) is 0 Å². The van der Waals surface area contributed by atoms with Crippen molar-refractivity contribution >= 4 is 11.6 Å². The second-order valence-electron chi connectivity index (χ2n) is 5.08. The molecule has 0 spiro atoms. The predicted octanol–water partition coefficient (Wildman–Crippen LogP) is 3.87. The van der Waals surface area contributed by atoms with Gasteiger partial charge in [-0.15, -0.1) is 0 Å². The fourth-order valence-corrected chi connectivity index (χ4v) is 2.82. The first kappa shape index (κ1) is 19.1. The average Bonchev–Trinajstić information content (AvgIpc) is 2.51. The zero-order chi connectivity index (χ0) is 16.5. The van der Waals surface area contributed by atoms with Crippen LogP contribution in [0.5, 0.6) is 11.5 Å². The van der Waals surface area contributed by atoms with E-state index in [0.29, 0.717) is 36.3 Å². The van der Waals surface area contributed by atoms with Gasteiger partial charge in [0.1, 0.15) is 0 Å². The minimum Gasteiger partial charge on any atom is -0.490 e. The Morgan fingerprint density at radius 2 is 1.82 bits per heavy atom. The highest BCUT2D eigenvalue weighted by atomic mass is 35.5. The number of hydrogen-bond donors (Lipinski definition) is 1. The highest BCUT2D eigenvalue weighted by Crippen LogP contribution is 2.39. The van der Waals surface area contributed by atoms with Crippen LogP contribution in [0.1, 0.15) is 45.7 Å². The van der Waals surface area contributed by atoms with Gasteiger partial charge in [-0.3, -0.25) is 4.90 Å². The maximum atomic E-state index is 6.43. The molecular formula is C17H29ClN2O2. The highest BCUT2D eigenvalue weighted by Gasteiger charge is 2.20. The number of nitrogens with zero attached hydrogens (tertiary/aromatic N) is 1. The molecule has 5 heteroatoms. The maximum Gasteiger partial charge on any atom is 0.179 e. The number of hydrogen-bond acceptors (Lipinski definition) is 4. The topological polar surface area (TPSA) is 47.7 Å². The lowest BCUT2D eigenvalue weighted by molar-refractivity contribution is 0.222. The van der Waals surface area contributed by atoms with E-state index in [1.807, 2.05) is 19.1 Å². The van der Waals surface area contributed by atoms with Gasteiger partial charge in [0.05, 0.1) is 18.2 Å². The summed E-state index contributed by atoms with van der Waals surface area (Å²) in [5.41, 5.74) is 7.07. The highest BCUT2D eigenvalue weighted by molar-refractivity contribution is 6.32. The van der Waals surface area contributed by atoms with Crippen molar-refractivity contribution in [3.63, 3.8) is 0 Å². The second kappa shape index (κ2) is 9.93. The summed E-state index contributed by atoms with van der Waals surface area (Å²) in [6.07, 6.45) is 0.925. The van der Waals surface area contributed by atoms with Gasteiger partial charge < -0.3 is 15.2 Å². The fourth-order valence-electron chi connectivity index (χ4n) is 2.55. The van der Waals surface area contributed by atoms with E-state index in [2.05, 4.69) is 25.7 Å². The van der Waals surface area contributed by atoms with Gasteiger partial charge in [0.2, 0.25) is 0 Å². The first-order valence-electron chi connectivity index (χ1n) is 8.15. The Morgan fingerprint density at radius 3 is 2.32 bits per heavy atom. The molecular weight excluding hydrogens is 300 g/mol. The number of ether oxygens (including phenoxy) is 2. The minimum absolute atomic E-state index is 0.131. The third-order valence-electron chi connectivity index (χ3n) is 3.64. The molecule has 22 heavy (non-hydrogen) atoms. The number of benzene rings is 1. The molecule has 0 aliphatic carbocycles. The van der Waals surface area contributed by atoms with Crippen LogP contribution >= 0.6 is 11.6 Å². The quantitative estimate of drug-likeness (QED) is 0.708. The van der Waals surface area contributed by atoms with Crippen molar-refractivity contribution in [2.75, 3.05) is 32.8 Å².